The molecular weight excluding hydrogens is 463 g/mol. The lowest BCUT2D eigenvalue weighted by atomic mass is 10.0. The number of aromatic nitrogens is 3. The smallest absolute Gasteiger partial charge is 0.241 e. The van der Waals surface area contributed by atoms with Gasteiger partial charge in [0.15, 0.2) is 5.65 Å². The fourth-order valence-corrected chi connectivity index (χ4v) is 4.01. The maximum atomic E-state index is 12.4. The number of phenols is 1. The minimum Gasteiger partial charge on any atom is -0.507 e. The Morgan fingerprint density at radius 2 is 1.65 bits per heavy atom. The Labute approximate surface area is 215 Å². The van der Waals surface area contributed by atoms with Crippen molar-refractivity contribution in [2.24, 2.45) is 5.73 Å². The van der Waals surface area contributed by atoms with Crippen LogP contribution in [0, 0.1) is 0 Å². The standard InChI is InChI=1S/C28H25BN6O2/c29-22-17-33-35-25(14-23(34-27(22)35)21-8-4-5-9-24(21)36)31-15-18-10-12-19(13-11-18)16-32-28(37)26(30)20-6-2-1-3-7-20/h1-14,17,26,31,36H,15-16,30H2,(H,32,37). The summed E-state index contributed by atoms with van der Waals surface area (Å²) in [6, 6.07) is 25.3. The lowest BCUT2D eigenvalue weighted by molar-refractivity contribution is -0.122. The number of nitrogens with zero attached hydrogens (tertiary/aromatic N) is 3. The molecular formula is C28H25BN6O2. The number of hydrogen-bond acceptors (Lipinski definition) is 6. The number of nitrogens with one attached hydrogen (secondary N) is 2. The lowest BCUT2D eigenvalue weighted by Gasteiger charge is -2.13. The molecule has 1 amide bonds. The molecule has 2 radical (unpaired) electrons. The van der Waals surface area contributed by atoms with Crippen molar-refractivity contribution in [1.29, 1.82) is 0 Å². The summed E-state index contributed by atoms with van der Waals surface area (Å²) in [5.74, 6) is 0.597. The van der Waals surface area contributed by atoms with Gasteiger partial charge in [-0.1, -0.05) is 66.7 Å². The van der Waals surface area contributed by atoms with Crippen molar-refractivity contribution in [3.05, 3.63) is 108 Å². The molecule has 2 heterocycles. The van der Waals surface area contributed by atoms with E-state index in [1.165, 1.54) is 0 Å². The van der Waals surface area contributed by atoms with Crippen LogP contribution in [0.3, 0.4) is 0 Å². The number of hydrogen-bond donors (Lipinski definition) is 4. The average Bonchev–Trinajstić information content (AvgIpc) is 3.31. The van der Waals surface area contributed by atoms with Crippen molar-refractivity contribution in [2.75, 3.05) is 5.32 Å². The number of anilines is 1. The number of rotatable bonds is 8. The van der Waals surface area contributed by atoms with Crippen molar-refractivity contribution >= 4 is 30.7 Å². The molecule has 2 aromatic heterocycles. The topological polar surface area (TPSA) is 118 Å². The number of nitrogens with two attached hydrogens (primary N) is 1. The predicted octanol–water partition coefficient (Wildman–Crippen LogP) is 2.82. The zero-order valence-electron chi connectivity index (χ0n) is 20.0. The lowest BCUT2D eigenvalue weighted by Crippen LogP contribution is -2.33. The Hall–Kier alpha value is -4.63. The van der Waals surface area contributed by atoms with Crippen LogP contribution in [-0.2, 0) is 17.9 Å². The largest absolute Gasteiger partial charge is 0.507 e. The molecule has 0 saturated heterocycles. The Kier molecular flexibility index (Phi) is 6.87. The highest BCUT2D eigenvalue weighted by molar-refractivity contribution is 6.36. The van der Waals surface area contributed by atoms with Gasteiger partial charge in [-0.25, -0.2) is 4.98 Å². The molecule has 0 saturated carbocycles. The normalized spacial score (nSPS) is 11.8. The maximum absolute atomic E-state index is 12.4. The Morgan fingerprint density at radius 1 is 0.973 bits per heavy atom. The van der Waals surface area contributed by atoms with Gasteiger partial charge in [0.1, 0.15) is 25.5 Å². The first-order valence-corrected chi connectivity index (χ1v) is 11.8. The summed E-state index contributed by atoms with van der Waals surface area (Å²) in [4.78, 5) is 17.0. The summed E-state index contributed by atoms with van der Waals surface area (Å²) in [6.07, 6.45) is 1.55. The predicted molar refractivity (Wildman–Crippen MR) is 144 cm³/mol. The van der Waals surface area contributed by atoms with E-state index in [-0.39, 0.29) is 11.7 Å². The zero-order valence-corrected chi connectivity index (χ0v) is 20.0. The minimum atomic E-state index is -0.708. The summed E-state index contributed by atoms with van der Waals surface area (Å²) < 4.78 is 1.64. The van der Waals surface area contributed by atoms with Crippen LogP contribution in [0.2, 0.25) is 0 Å². The highest BCUT2D eigenvalue weighted by atomic mass is 16.3. The van der Waals surface area contributed by atoms with Gasteiger partial charge in [-0.05, 0) is 34.3 Å². The fourth-order valence-electron chi connectivity index (χ4n) is 4.01. The van der Waals surface area contributed by atoms with Gasteiger partial charge in [0, 0.05) is 30.9 Å². The second-order valence-electron chi connectivity index (χ2n) is 8.66. The van der Waals surface area contributed by atoms with Gasteiger partial charge in [-0.15, -0.1) is 0 Å². The van der Waals surface area contributed by atoms with Crippen molar-refractivity contribution in [1.82, 2.24) is 19.9 Å². The van der Waals surface area contributed by atoms with Crippen LogP contribution in [-0.4, -0.2) is 33.5 Å². The number of benzene rings is 3. The number of fused-ring (bicyclic) bond motifs is 1. The molecule has 182 valence electrons. The monoisotopic (exact) mass is 488 g/mol. The second-order valence-corrected chi connectivity index (χ2v) is 8.66. The van der Waals surface area contributed by atoms with Gasteiger partial charge in [0.05, 0.1) is 5.69 Å². The van der Waals surface area contributed by atoms with Gasteiger partial charge in [-0.3, -0.25) is 4.79 Å². The van der Waals surface area contributed by atoms with Crippen LogP contribution in [0.15, 0.2) is 91.1 Å². The summed E-state index contributed by atoms with van der Waals surface area (Å²) in [7, 11) is 6.08. The van der Waals surface area contributed by atoms with E-state index >= 15 is 0 Å². The molecule has 3 aromatic carbocycles. The molecule has 5 aromatic rings. The molecule has 9 heteroatoms. The van der Waals surface area contributed by atoms with Gasteiger partial charge in [0.25, 0.3) is 0 Å². The number of para-hydroxylation sites is 1. The zero-order chi connectivity index (χ0) is 25.8. The Morgan fingerprint density at radius 3 is 2.38 bits per heavy atom. The molecule has 5 N–H and O–H groups in total. The third-order valence-corrected chi connectivity index (χ3v) is 6.08. The molecule has 37 heavy (non-hydrogen) atoms. The van der Waals surface area contributed by atoms with Crippen LogP contribution >= 0.6 is 0 Å². The Balaban J connectivity index is 1.26. The molecule has 0 aliphatic carbocycles. The second kappa shape index (κ2) is 10.6. The quantitative estimate of drug-likeness (QED) is 0.250. The number of phenolic OH excluding ortho intramolecular Hbond substituents is 1. The number of carbonyl (C=O) groups excluding carboxylic acids is 1. The van der Waals surface area contributed by atoms with E-state index in [0.29, 0.717) is 41.3 Å². The molecule has 8 nitrogen and oxygen atoms in total. The van der Waals surface area contributed by atoms with E-state index in [1.807, 2.05) is 66.7 Å². The summed E-state index contributed by atoms with van der Waals surface area (Å²) in [5, 5.41) is 20.9. The molecule has 0 spiro atoms. The van der Waals surface area contributed by atoms with Gasteiger partial charge in [-0.2, -0.15) is 9.61 Å². The SMILES string of the molecule is [B]c1cnn2c(NCc3ccc(CNC(=O)C(N)c4ccccc4)cc3)cc(-c3ccccc3O)nc12. The molecule has 0 fully saturated rings. The summed E-state index contributed by atoms with van der Waals surface area (Å²) >= 11 is 0. The van der Waals surface area contributed by atoms with E-state index in [9.17, 15) is 9.90 Å². The first kappa shape index (κ1) is 24.1. The number of carbonyl (C=O) groups is 1. The van der Waals surface area contributed by atoms with E-state index in [2.05, 4.69) is 20.7 Å². The van der Waals surface area contributed by atoms with E-state index in [1.54, 1.807) is 28.9 Å². The first-order chi connectivity index (χ1) is 18.0. The highest BCUT2D eigenvalue weighted by Gasteiger charge is 2.15. The number of amides is 1. The van der Waals surface area contributed by atoms with Crippen molar-refractivity contribution < 1.29 is 9.90 Å². The van der Waals surface area contributed by atoms with Crippen molar-refractivity contribution in [3.8, 4) is 17.0 Å². The van der Waals surface area contributed by atoms with Gasteiger partial charge in [0.2, 0.25) is 5.91 Å². The molecule has 0 aliphatic heterocycles. The highest BCUT2D eigenvalue weighted by Crippen LogP contribution is 2.29. The van der Waals surface area contributed by atoms with Crippen LogP contribution < -0.4 is 21.8 Å². The summed E-state index contributed by atoms with van der Waals surface area (Å²) in [5.41, 5.74) is 11.0. The van der Waals surface area contributed by atoms with Crippen LogP contribution in [0.4, 0.5) is 5.82 Å². The maximum Gasteiger partial charge on any atom is 0.241 e. The number of aromatic hydroxyl groups is 1. The molecule has 1 atom stereocenters. The fraction of sp³-hybridized carbons (Fsp3) is 0.107. The average molecular weight is 488 g/mol. The molecule has 5 rings (SSSR count). The minimum absolute atomic E-state index is 0.135. The first-order valence-electron chi connectivity index (χ1n) is 11.8. The molecule has 0 aliphatic rings. The van der Waals surface area contributed by atoms with Crippen LogP contribution in [0.1, 0.15) is 22.7 Å². The Bertz CT molecular complexity index is 1540. The summed E-state index contributed by atoms with van der Waals surface area (Å²) in [6.45, 7) is 0.902. The third-order valence-electron chi connectivity index (χ3n) is 6.08. The van der Waals surface area contributed by atoms with E-state index in [0.717, 1.165) is 16.7 Å². The van der Waals surface area contributed by atoms with Crippen molar-refractivity contribution in [2.45, 2.75) is 19.1 Å². The third kappa shape index (κ3) is 5.31. The molecule has 1 unspecified atom stereocenters. The van der Waals surface area contributed by atoms with E-state index in [4.69, 9.17) is 13.6 Å². The van der Waals surface area contributed by atoms with Crippen LogP contribution in [0.25, 0.3) is 16.9 Å². The van der Waals surface area contributed by atoms with Crippen molar-refractivity contribution in [3.63, 3.8) is 0 Å². The van der Waals surface area contributed by atoms with E-state index < -0.39 is 6.04 Å². The van der Waals surface area contributed by atoms with Gasteiger partial charge < -0.3 is 21.5 Å². The van der Waals surface area contributed by atoms with Crippen LogP contribution in [0.5, 0.6) is 5.75 Å². The van der Waals surface area contributed by atoms with Gasteiger partial charge >= 0.3 is 0 Å². The molecule has 0 bridgehead atoms.